The SMILES string of the molecule is CCc1nc(CCc2nc(C(F)(F)F)ccc2C(=O)Nc2ccccc2)nc(N2CCN(C)CC2)n1. The predicted molar refractivity (Wildman–Crippen MR) is 130 cm³/mol. The number of para-hydroxylation sites is 1. The third kappa shape index (κ3) is 6.34. The molecule has 0 bridgehead atoms. The maximum atomic E-state index is 13.4. The molecule has 0 aliphatic carbocycles. The summed E-state index contributed by atoms with van der Waals surface area (Å²) in [6, 6.07) is 10.7. The summed E-state index contributed by atoms with van der Waals surface area (Å²) in [7, 11) is 2.06. The van der Waals surface area contributed by atoms with Gasteiger partial charge in [-0.2, -0.15) is 23.1 Å². The van der Waals surface area contributed by atoms with Gasteiger partial charge in [-0.25, -0.2) is 9.97 Å². The maximum Gasteiger partial charge on any atom is 0.433 e. The highest BCUT2D eigenvalue weighted by Gasteiger charge is 2.33. The number of anilines is 2. The van der Waals surface area contributed by atoms with Gasteiger partial charge in [0.1, 0.15) is 17.3 Å². The molecule has 0 saturated carbocycles. The Morgan fingerprint density at radius 3 is 2.28 bits per heavy atom. The molecule has 1 aliphatic heterocycles. The van der Waals surface area contributed by atoms with Crippen LogP contribution < -0.4 is 10.2 Å². The molecular formula is C25H28F3N7O. The van der Waals surface area contributed by atoms with E-state index in [1.165, 1.54) is 6.07 Å². The molecule has 1 saturated heterocycles. The third-order valence-corrected chi connectivity index (χ3v) is 5.94. The summed E-state index contributed by atoms with van der Waals surface area (Å²) in [5.41, 5.74) is -0.388. The monoisotopic (exact) mass is 499 g/mol. The van der Waals surface area contributed by atoms with Crippen LogP contribution in [0.5, 0.6) is 0 Å². The van der Waals surface area contributed by atoms with Gasteiger partial charge in [-0.1, -0.05) is 25.1 Å². The molecule has 1 aliphatic rings. The van der Waals surface area contributed by atoms with Crippen molar-refractivity contribution in [3.63, 3.8) is 0 Å². The van der Waals surface area contributed by atoms with E-state index < -0.39 is 17.8 Å². The molecule has 190 valence electrons. The van der Waals surface area contributed by atoms with Crippen LogP contribution in [-0.4, -0.2) is 64.0 Å². The predicted octanol–water partition coefficient (Wildman–Crippen LogP) is 3.64. The molecule has 1 aromatic carbocycles. The van der Waals surface area contributed by atoms with E-state index in [1.54, 1.807) is 30.3 Å². The van der Waals surface area contributed by atoms with E-state index in [-0.39, 0.29) is 24.1 Å². The quantitative estimate of drug-likeness (QED) is 0.531. The minimum Gasteiger partial charge on any atom is -0.338 e. The van der Waals surface area contributed by atoms with Crippen molar-refractivity contribution in [2.45, 2.75) is 32.4 Å². The molecule has 0 radical (unpaired) electrons. The number of rotatable bonds is 7. The Hall–Kier alpha value is -3.60. The van der Waals surface area contributed by atoms with Crippen molar-refractivity contribution in [2.75, 3.05) is 43.4 Å². The zero-order valence-corrected chi connectivity index (χ0v) is 20.2. The van der Waals surface area contributed by atoms with E-state index in [2.05, 4.69) is 42.1 Å². The Morgan fingerprint density at radius 1 is 0.917 bits per heavy atom. The fourth-order valence-electron chi connectivity index (χ4n) is 3.88. The number of aromatic nitrogens is 4. The zero-order valence-electron chi connectivity index (χ0n) is 20.2. The van der Waals surface area contributed by atoms with Crippen LogP contribution in [0.3, 0.4) is 0 Å². The molecule has 0 spiro atoms. The number of benzene rings is 1. The molecule has 3 aromatic rings. The van der Waals surface area contributed by atoms with Gasteiger partial charge in [-0.3, -0.25) is 4.79 Å². The summed E-state index contributed by atoms with van der Waals surface area (Å²) in [6.45, 7) is 5.27. The summed E-state index contributed by atoms with van der Waals surface area (Å²) in [5.74, 6) is 1.13. The van der Waals surface area contributed by atoms with Gasteiger partial charge in [-0.15, -0.1) is 0 Å². The van der Waals surface area contributed by atoms with Gasteiger partial charge in [0.15, 0.2) is 0 Å². The second-order valence-corrected chi connectivity index (χ2v) is 8.62. The van der Waals surface area contributed by atoms with E-state index in [1.807, 2.05) is 6.92 Å². The van der Waals surface area contributed by atoms with Crippen LogP contribution in [0.25, 0.3) is 0 Å². The Morgan fingerprint density at radius 2 is 1.61 bits per heavy atom. The fourth-order valence-corrected chi connectivity index (χ4v) is 3.88. The Balaban J connectivity index is 1.59. The molecule has 0 unspecified atom stereocenters. The first kappa shape index (κ1) is 25.5. The second kappa shape index (κ2) is 11.0. The number of piperazine rings is 1. The Bertz CT molecular complexity index is 1200. The van der Waals surface area contributed by atoms with Gasteiger partial charge < -0.3 is 15.1 Å². The summed E-state index contributed by atoms with van der Waals surface area (Å²) in [4.78, 5) is 34.7. The highest BCUT2D eigenvalue weighted by molar-refractivity contribution is 6.05. The van der Waals surface area contributed by atoms with Gasteiger partial charge in [0, 0.05) is 44.7 Å². The van der Waals surface area contributed by atoms with Crippen LogP contribution in [0, 0.1) is 0 Å². The summed E-state index contributed by atoms with van der Waals surface area (Å²) in [6.07, 6.45) is -3.74. The number of nitrogens with one attached hydrogen (secondary N) is 1. The van der Waals surface area contributed by atoms with Crippen LogP contribution >= 0.6 is 0 Å². The smallest absolute Gasteiger partial charge is 0.338 e. The molecule has 1 N–H and O–H groups in total. The minimum absolute atomic E-state index is 0.0397. The first-order valence-electron chi connectivity index (χ1n) is 11.8. The van der Waals surface area contributed by atoms with Gasteiger partial charge in [0.25, 0.3) is 5.91 Å². The van der Waals surface area contributed by atoms with Crippen LogP contribution in [0.15, 0.2) is 42.5 Å². The Kier molecular flexibility index (Phi) is 7.78. The van der Waals surface area contributed by atoms with E-state index in [4.69, 9.17) is 0 Å². The van der Waals surface area contributed by atoms with Crippen molar-refractivity contribution in [2.24, 2.45) is 0 Å². The number of amides is 1. The number of carbonyl (C=O) groups excluding carboxylic acids is 1. The average molecular weight is 500 g/mol. The average Bonchev–Trinajstić information content (AvgIpc) is 2.87. The van der Waals surface area contributed by atoms with Crippen LogP contribution in [0.2, 0.25) is 0 Å². The van der Waals surface area contributed by atoms with Crippen LogP contribution in [0.4, 0.5) is 24.8 Å². The normalized spacial score (nSPS) is 14.6. The topological polar surface area (TPSA) is 87.1 Å². The highest BCUT2D eigenvalue weighted by atomic mass is 19.4. The van der Waals surface area contributed by atoms with Gasteiger partial charge in [0.2, 0.25) is 5.95 Å². The molecule has 1 fully saturated rings. The lowest BCUT2D eigenvalue weighted by molar-refractivity contribution is -0.141. The van der Waals surface area contributed by atoms with Gasteiger partial charge >= 0.3 is 6.18 Å². The van der Waals surface area contributed by atoms with Gasteiger partial charge in [0.05, 0.1) is 11.3 Å². The van der Waals surface area contributed by atoms with E-state index in [9.17, 15) is 18.0 Å². The molecule has 1 amide bonds. The summed E-state index contributed by atoms with van der Waals surface area (Å²) in [5, 5.41) is 2.72. The number of nitrogens with zero attached hydrogens (tertiary/aromatic N) is 6. The second-order valence-electron chi connectivity index (χ2n) is 8.62. The van der Waals surface area contributed by atoms with Crippen molar-refractivity contribution in [3.05, 3.63) is 71.1 Å². The number of likely N-dealkylation sites (N-methyl/N-ethyl adjacent to an activating group) is 1. The fraction of sp³-hybridized carbons (Fsp3) is 0.400. The lowest BCUT2D eigenvalue weighted by atomic mass is 10.1. The van der Waals surface area contributed by atoms with Gasteiger partial charge in [-0.05, 0) is 37.7 Å². The van der Waals surface area contributed by atoms with E-state index in [0.29, 0.717) is 29.7 Å². The van der Waals surface area contributed by atoms with E-state index >= 15 is 0 Å². The van der Waals surface area contributed by atoms with Crippen molar-refractivity contribution in [1.29, 1.82) is 0 Å². The lowest BCUT2D eigenvalue weighted by Gasteiger charge is -2.32. The third-order valence-electron chi connectivity index (χ3n) is 5.94. The molecular weight excluding hydrogens is 471 g/mol. The number of aryl methyl sites for hydroxylation is 3. The van der Waals surface area contributed by atoms with Crippen molar-refractivity contribution < 1.29 is 18.0 Å². The number of alkyl halides is 3. The largest absolute Gasteiger partial charge is 0.433 e. The molecule has 3 heterocycles. The van der Waals surface area contributed by atoms with Crippen molar-refractivity contribution >= 4 is 17.5 Å². The minimum atomic E-state index is -4.62. The van der Waals surface area contributed by atoms with Crippen LogP contribution in [0.1, 0.15) is 40.3 Å². The maximum absolute atomic E-state index is 13.4. The molecule has 8 nitrogen and oxygen atoms in total. The summed E-state index contributed by atoms with van der Waals surface area (Å²) < 4.78 is 40.2. The zero-order chi connectivity index (χ0) is 25.7. The number of hydrogen-bond acceptors (Lipinski definition) is 7. The number of halogens is 3. The summed E-state index contributed by atoms with van der Waals surface area (Å²) >= 11 is 0. The highest BCUT2D eigenvalue weighted by Crippen LogP contribution is 2.29. The first-order chi connectivity index (χ1) is 17.2. The van der Waals surface area contributed by atoms with Crippen LogP contribution in [-0.2, 0) is 25.4 Å². The molecule has 11 heteroatoms. The molecule has 4 rings (SSSR count). The molecule has 2 aromatic heterocycles. The first-order valence-corrected chi connectivity index (χ1v) is 11.8. The van der Waals surface area contributed by atoms with E-state index in [0.717, 1.165) is 32.2 Å². The lowest BCUT2D eigenvalue weighted by Crippen LogP contribution is -2.45. The molecule has 36 heavy (non-hydrogen) atoms. The Labute approximate surface area is 207 Å². The number of carbonyl (C=O) groups is 1. The molecule has 0 atom stereocenters. The van der Waals surface area contributed by atoms with Crippen molar-refractivity contribution in [3.8, 4) is 0 Å². The number of pyridine rings is 1. The number of hydrogen-bond donors (Lipinski definition) is 1. The standard InChI is InChI=1S/C25H28F3N7O/c1-3-21-31-22(33-24(32-21)35-15-13-34(2)14-16-35)12-10-19-18(9-11-20(30-19)25(26,27)28)23(36)29-17-7-5-4-6-8-17/h4-9,11H,3,10,12-16H2,1-2H3,(H,29,36). The van der Waals surface area contributed by atoms with Crippen molar-refractivity contribution in [1.82, 2.24) is 24.8 Å².